The van der Waals surface area contributed by atoms with E-state index in [4.69, 9.17) is 6.42 Å². The van der Waals surface area contributed by atoms with Crippen LogP contribution in [0.5, 0.6) is 0 Å². The molecule has 0 aliphatic carbocycles. The average Bonchev–Trinajstić information content (AvgIpc) is 2.46. The van der Waals surface area contributed by atoms with Gasteiger partial charge in [-0.15, -0.1) is 6.42 Å². The summed E-state index contributed by atoms with van der Waals surface area (Å²) in [7, 11) is 0. The van der Waals surface area contributed by atoms with Gasteiger partial charge in [-0.2, -0.15) is 0 Å². The van der Waals surface area contributed by atoms with Crippen molar-refractivity contribution < 1.29 is 0 Å². The van der Waals surface area contributed by atoms with E-state index in [0.717, 1.165) is 12.1 Å². The topological polar surface area (TPSA) is 12.0 Å². The van der Waals surface area contributed by atoms with Crippen molar-refractivity contribution >= 4 is 0 Å². The lowest BCUT2D eigenvalue weighted by atomic mass is 10.1. The second-order valence-electron chi connectivity index (χ2n) is 4.35. The van der Waals surface area contributed by atoms with E-state index in [2.05, 4.69) is 54.6 Å². The van der Waals surface area contributed by atoms with Crippen LogP contribution in [0.3, 0.4) is 0 Å². The first-order valence-corrected chi connectivity index (χ1v) is 6.13. The van der Waals surface area contributed by atoms with Gasteiger partial charge in [0, 0.05) is 18.2 Å². The van der Waals surface area contributed by atoms with Gasteiger partial charge in [0.15, 0.2) is 0 Å². The molecule has 2 aromatic carbocycles. The van der Waals surface area contributed by atoms with Crippen LogP contribution in [-0.4, -0.2) is 0 Å². The van der Waals surface area contributed by atoms with Gasteiger partial charge in [0.25, 0.3) is 0 Å². The molecule has 0 saturated heterocycles. The van der Waals surface area contributed by atoms with Gasteiger partial charge in [0.1, 0.15) is 0 Å². The summed E-state index contributed by atoms with van der Waals surface area (Å²) in [6.07, 6.45) is 5.33. The van der Waals surface area contributed by atoms with E-state index in [1.165, 1.54) is 11.1 Å². The standard InChI is InChI=1S/C17H17N/c1-3-15-9-11-16(12-10-15)13-18-14(2)17-7-5-4-6-8-17/h1,4-12,14,18H,13H2,2H3/t14-/m1/s1. The molecule has 0 spiro atoms. The third kappa shape index (κ3) is 3.23. The maximum absolute atomic E-state index is 5.33. The average molecular weight is 235 g/mol. The molecule has 2 rings (SSSR count). The highest BCUT2D eigenvalue weighted by Crippen LogP contribution is 2.12. The zero-order valence-electron chi connectivity index (χ0n) is 10.6. The maximum Gasteiger partial charge on any atom is 0.0294 e. The molecule has 1 N–H and O–H groups in total. The van der Waals surface area contributed by atoms with E-state index in [1.807, 2.05) is 18.2 Å². The summed E-state index contributed by atoms with van der Waals surface area (Å²) in [6.45, 7) is 3.02. The van der Waals surface area contributed by atoms with E-state index in [0.29, 0.717) is 6.04 Å². The van der Waals surface area contributed by atoms with Gasteiger partial charge in [0.2, 0.25) is 0 Å². The van der Waals surface area contributed by atoms with Crippen LogP contribution in [0.2, 0.25) is 0 Å². The van der Waals surface area contributed by atoms with Gasteiger partial charge < -0.3 is 5.32 Å². The molecule has 1 atom stereocenters. The first-order valence-electron chi connectivity index (χ1n) is 6.13. The van der Waals surface area contributed by atoms with E-state index in [9.17, 15) is 0 Å². The van der Waals surface area contributed by atoms with Crippen molar-refractivity contribution in [2.45, 2.75) is 19.5 Å². The number of hydrogen-bond acceptors (Lipinski definition) is 1. The summed E-state index contributed by atoms with van der Waals surface area (Å²) in [6, 6.07) is 18.9. The Labute approximate surface area is 109 Å². The monoisotopic (exact) mass is 235 g/mol. The van der Waals surface area contributed by atoms with Crippen molar-refractivity contribution in [3.63, 3.8) is 0 Å². The minimum atomic E-state index is 0.346. The summed E-state index contributed by atoms with van der Waals surface area (Å²) >= 11 is 0. The second kappa shape index (κ2) is 6.05. The number of benzene rings is 2. The Morgan fingerprint density at radius 2 is 1.72 bits per heavy atom. The molecule has 0 aliphatic heterocycles. The van der Waals surface area contributed by atoms with E-state index in [1.54, 1.807) is 0 Å². The summed E-state index contributed by atoms with van der Waals surface area (Å²) < 4.78 is 0. The first-order chi connectivity index (χ1) is 8.79. The number of terminal acetylenes is 1. The number of hydrogen-bond donors (Lipinski definition) is 1. The van der Waals surface area contributed by atoms with Crippen molar-refractivity contribution in [2.24, 2.45) is 0 Å². The van der Waals surface area contributed by atoms with Gasteiger partial charge >= 0.3 is 0 Å². The predicted molar refractivity (Wildman–Crippen MR) is 76.1 cm³/mol. The highest BCUT2D eigenvalue weighted by Gasteiger charge is 2.03. The van der Waals surface area contributed by atoms with Crippen LogP contribution >= 0.6 is 0 Å². The fraction of sp³-hybridized carbons (Fsp3) is 0.176. The Hall–Kier alpha value is -2.04. The molecular formula is C17H17N. The molecule has 0 unspecified atom stereocenters. The molecule has 1 heteroatoms. The smallest absolute Gasteiger partial charge is 0.0294 e. The van der Waals surface area contributed by atoms with E-state index >= 15 is 0 Å². The van der Waals surface area contributed by atoms with Crippen molar-refractivity contribution in [1.29, 1.82) is 0 Å². The fourth-order valence-electron chi connectivity index (χ4n) is 1.85. The molecule has 0 aliphatic rings. The Bertz CT molecular complexity index is 520. The zero-order valence-corrected chi connectivity index (χ0v) is 10.6. The molecule has 0 radical (unpaired) electrons. The van der Waals surface area contributed by atoms with Crippen LogP contribution < -0.4 is 5.32 Å². The van der Waals surface area contributed by atoms with Gasteiger partial charge in [-0.05, 0) is 30.2 Å². The predicted octanol–water partition coefficient (Wildman–Crippen LogP) is 3.52. The van der Waals surface area contributed by atoms with Crippen molar-refractivity contribution in [3.8, 4) is 12.3 Å². The zero-order chi connectivity index (χ0) is 12.8. The molecule has 0 amide bonds. The maximum atomic E-state index is 5.33. The Balaban J connectivity index is 1.93. The third-order valence-electron chi connectivity index (χ3n) is 3.03. The number of nitrogens with one attached hydrogen (secondary N) is 1. The third-order valence-corrected chi connectivity index (χ3v) is 3.03. The molecule has 0 fully saturated rings. The Morgan fingerprint density at radius 3 is 2.33 bits per heavy atom. The minimum absolute atomic E-state index is 0.346. The van der Waals surface area contributed by atoms with Gasteiger partial charge in [0.05, 0.1) is 0 Å². The van der Waals surface area contributed by atoms with Crippen molar-refractivity contribution in [2.75, 3.05) is 0 Å². The molecule has 1 nitrogen and oxygen atoms in total. The SMILES string of the molecule is C#Cc1ccc(CN[C@H](C)c2ccccc2)cc1. The Morgan fingerprint density at radius 1 is 1.06 bits per heavy atom. The fourth-order valence-corrected chi connectivity index (χ4v) is 1.85. The van der Waals surface area contributed by atoms with Crippen LogP contribution in [0, 0.1) is 12.3 Å². The second-order valence-corrected chi connectivity index (χ2v) is 4.35. The molecule has 0 heterocycles. The van der Waals surface area contributed by atoms with Crippen LogP contribution in [0.1, 0.15) is 29.7 Å². The highest BCUT2D eigenvalue weighted by atomic mass is 14.9. The summed E-state index contributed by atoms with van der Waals surface area (Å²) in [5.41, 5.74) is 3.48. The van der Waals surface area contributed by atoms with Gasteiger partial charge in [-0.1, -0.05) is 48.4 Å². The minimum Gasteiger partial charge on any atom is -0.306 e. The largest absolute Gasteiger partial charge is 0.306 e. The van der Waals surface area contributed by atoms with Gasteiger partial charge in [-0.3, -0.25) is 0 Å². The Kier molecular flexibility index (Phi) is 4.17. The lowest BCUT2D eigenvalue weighted by Crippen LogP contribution is -2.17. The van der Waals surface area contributed by atoms with Gasteiger partial charge in [-0.25, -0.2) is 0 Å². The quantitative estimate of drug-likeness (QED) is 0.799. The normalized spacial score (nSPS) is 11.8. The van der Waals surface area contributed by atoms with Crippen LogP contribution in [-0.2, 0) is 6.54 Å². The van der Waals surface area contributed by atoms with Crippen LogP contribution in [0.15, 0.2) is 54.6 Å². The summed E-state index contributed by atoms with van der Waals surface area (Å²) in [5, 5.41) is 3.50. The number of rotatable bonds is 4. The molecule has 90 valence electrons. The molecule has 0 saturated carbocycles. The van der Waals surface area contributed by atoms with E-state index < -0.39 is 0 Å². The summed E-state index contributed by atoms with van der Waals surface area (Å²) in [4.78, 5) is 0. The van der Waals surface area contributed by atoms with Crippen molar-refractivity contribution in [3.05, 3.63) is 71.3 Å². The molecule has 0 bridgehead atoms. The lowest BCUT2D eigenvalue weighted by Gasteiger charge is -2.14. The van der Waals surface area contributed by atoms with E-state index in [-0.39, 0.29) is 0 Å². The molecular weight excluding hydrogens is 218 g/mol. The molecule has 2 aromatic rings. The van der Waals surface area contributed by atoms with Crippen LogP contribution in [0.4, 0.5) is 0 Å². The van der Waals surface area contributed by atoms with Crippen molar-refractivity contribution in [1.82, 2.24) is 5.32 Å². The summed E-state index contributed by atoms with van der Waals surface area (Å²) in [5.74, 6) is 2.62. The van der Waals surface area contributed by atoms with Crippen LogP contribution in [0.25, 0.3) is 0 Å². The molecule has 0 aromatic heterocycles. The highest BCUT2D eigenvalue weighted by molar-refractivity contribution is 5.34. The molecule has 18 heavy (non-hydrogen) atoms. The lowest BCUT2D eigenvalue weighted by molar-refractivity contribution is 0.575. The first kappa shape index (κ1) is 12.4.